The minimum atomic E-state index is -4.98. The number of rotatable bonds is 76. The van der Waals surface area contributed by atoms with Crippen molar-refractivity contribution in [1.29, 1.82) is 0 Å². The van der Waals surface area contributed by atoms with E-state index in [0.717, 1.165) is 161 Å². The zero-order chi connectivity index (χ0) is 73.2. The lowest BCUT2D eigenvalue weighted by Gasteiger charge is -2.21. The number of carbonyl (C=O) groups is 4. The molecule has 0 fully saturated rings. The van der Waals surface area contributed by atoms with Gasteiger partial charge in [0.25, 0.3) is 0 Å². The molecule has 0 aromatic rings. The molecule has 0 rings (SSSR count). The van der Waals surface area contributed by atoms with Crippen molar-refractivity contribution >= 4 is 39.5 Å². The monoisotopic (exact) mass is 1450 g/mol. The van der Waals surface area contributed by atoms with Crippen LogP contribution in [0.4, 0.5) is 0 Å². The number of allylic oxidation sites excluding steroid dienone is 12. The number of esters is 4. The molecule has 0 spiro atoms. The molecule has 0 saturated carbocycles. The third-order valence-electron chi connectivity index (χ3n) is 17.1. The Morgan fingerprint density at radius 2 is 0.490 bits per heavy atom. The molecule has 2 unspecified atom stereocenters. The van der Waals surface area contributed by atoms with Crippen LogP contribution in [-0.2, 0) is 65.4 Å². The molecule has 0 aliphatic heterocycles. The molecular weight excluding hydrogens is 1310 g/mol. The summed E-state index contributed by atoms with van der Waals surface area (Å²) >= 11 is 0. The topological polar surface area (TPSA) is 237 Å². The molecule has 0 aliphatic rings. The van der Waals surface area contributed by atoms with E-state index in [1.165, 1.54) is 122 Å². The summed E-state index contributed by atoms with van der Waals surface area (Å²) in [6.45, 7) is 4.81. The molecule has 582 valence electrons. The molecule has 100 heavy (non-hydrogen) atoms. The van der Waals surface area contributed by atoms with Crippen LogP contribution < -0.4 is 0 Å². The van der Waals surface area contributed by atoms with Gasteiger partial charge in [-0.15, -0.1) is 0 Å². The second kappa shape index (κ2) is 73.8. The van der Waals surface area contributed by atoms with Crippen LogP contribution in [0.3, 0.4) is 0 Å². The molecule has 0 bridgehead atoms. The van der Waals surface area contributed by atoms with E-state index < -0.39 is 97.5 Å². The lowest BCUT2D eigenvalue weighted by Crippen LogP contribution is -2.30. The van der Waals surface area contributed by atoms with Gasteiger partial charge in [-0.25, -0.2) is 9.13 Å². The third kappa shape index (κ3) is 72.8. The molecular formula is C81H146O17P2. The predicted octanol–water partition coefficient (Wildman–Crippen LogP) is 23.2. The highest BCUT2D eigenvalue weighted by molar-refractivity contribution is 7.47. The summed E-state index contributed by atoms with van der Waals surface area (Å²) in [6, 6.07) is 0. The van der Waals surface area contributed by atoms with E-state index in [9.17, 15) is 43.2 Å². The summed E-state index contributed by atoms with van der Waals surface area (Å²) in [5.41, 5.74) is 0. The van der Waals surface area contributed by atoms with E-state index in [1.54, 1.807) is 0 Å². The van der Waals surface area contributed by atoms with Crippen LogP contribution in [0, 0.1) is 0 Å². The summed E-state index contributed by atoms with van der Waals surface area (Å²) in [7, 11) is -9.95. The highest BCUT2D eigenvalue weighted by Gasteiger charge is 2.30. The van der Waals surface area contributed by atoms with Crippen molar-refractivity contribution in [2.45, 2.75) is 380 Å². The normalized spacial score (nSPS) is 14.3. The van der Waals surface area contributed by atoms with Crippen LogP contribution in [-0.4, -0.2) is 96.7 Å². The fourth-order valence-electron chi connectivity index (χ4n) is 10.9. The number of aliphatic hydroxyl groups excluding tert-OH is 1. The molecule has 19 heteroatoms. The van der Waals surface area contributed by atoms with E-state index in [-0.39, 0.29) is 25.7 Å². The third-order valence-corrected chi connectivity index (χ3v) is 19.0. The van der Waals surface area contributed by atoms with Crippen LogP contribution in [0.1, 0.15) is 362 Å². The van der Waals surface area contributed by atoms with E-state index >= 15 is 0 Å². The Balaban J connectivity index is 5.36. The molecule has 0 saturated heterocycles. The largest absolute Gasteiger partial charge is 0.472 e. The molecule has 5 atom stereocenters. The maximum Gasteiger partial charge on any atom is 0.472 e. The van der Waals surface area contributed by atoms with E-state index in [4.69, 9.17) is 37.0 Å². The average Bonchev–Trinajstić information content (AvgIpc) is 1.01. The zero-order valence-corrected chi connectivity index (χ0v) is 65.4. The predicted molar refractivity (Wildman–Crippen MR) is 409 cm³/mol. The molecule has 17 nitrogen and oxygen atoms in total. The molecule has 0 aromatic heterocycles. The summed E-state index contributed by atoms with van der Waals surface area (Å²) in [5, 5.41) is 10.6. The van der Waals surface area contributed by atoms with Gasteiger partial charge in [-0.05, 0) is 141 Å². The van der Waals surface area contributed by atoms with Gasteiger partial charge in [-0.1, -0.05) is 268 Å². The molecule has 0 aliphatic carbocycles. The first-order valence-electron chi connectivity index (χ1n) is 40.2. The Kier molecular flexibility index (Phi) is 71.2. The molecule has 0 aromatic carbocycles. The van der Waals surface area contributed by atoms with Gasteiger partial charge >= 0.3 is 39.5 Å². The first-order chi connectivity index (χ1) is 48.7. The molecule has 0 amide bonds. The summed E-state index contributed by atoms with van der Waals surface area (Å²) in [4.78, 5) is 73.0. The van der Waals surface area contributed by atoms with E-state index in [1.807, 2.05) is 0 Å². The Hall–Kier alpha value is -3.50. The van der Waals surface area contributed by atoms with Crippen LogP contribution in [0.15, 0.2) is 72.9 Å². The highest BCUT2D eigenvalue weighted by Crippen LogP contribution is 2.45. The van der Waals surface area contributed by atoms with Crippen molar-refractivity contribution in [1.82, 2.24) is 0 Å². The van der Waals surface area contributed by atoms with Crippen molar-refractivity contribution in [3.05, 3.63) is 72.9 Å². The van der Waals surface area contributed by atoms with Gasteiger partial charge in [0.1, 0.15) is 19.3 Å². The minimum Gasteiger partial charge on any atom is -0.462 e. The van der Waals surface area contributed by atoms with Crippen LogP contribution in [0.25, 0.3) is 0 Å². The number of hydrogen-bond acceptors (Lipinski definition) is 15. The zero-order valence-electron chi connectivity index (χ0n) is 63.6. The number of carbonyl (C=O) groups excluding carboxylic acids is 4. The van der Waals surface area contributed by atoms with Crippen molar-refractivity contribution in [2.24, 2.45) is 0 Å². The second-order valence-corrected chi connectivity index (χ2v) is 29.9. The number of phosphoric acid groups is 2. The number of unbranched alkanes of at least 4 members (excludes halogenated alkanes) is 38. The van der Waals surface area contributed by atoms with Crippen LogP contribution in [0.5, 0.6) is 0 Å². The lowest BCUT2D eigenvalue weighted by atomic mass is 10.1. The second-order valence-electron chi connectivity index (χ2n) is 27.0. The summed E-state index contributed by atoms with van der Waals surface area (Å²) in [6.07, 6.45) is 74.4. The van der Waals surface area contributed by atoms with Gasteiger partial charge in [0.2, 0.25) is 0 Å². The quantitative estimate of drug-likeness (QED) is 0.0169. The van der Waals surface area contributed by atoms with Crippen molar-refractivity contribution in [3.8, 4) is 0 Å². The Morgan fingerprint density at radius 1 is 0.280 bits per heavy atom. The van der Waals surface area contributed by atoms with E-state index in [0.29, 0.717) is 25.7 Å². The van der Waals surface area contributed by atoms with Gasteiger partial charge in [-0.3, -0.25) is 37.3 Å². The van der Waals surface area contributed by atoms with Gasteiger partial charge in [0.05, 0.1) is 26.4 Å². The van der Waals surface area contributed by atoms with Gasteiger partial charge in [-0.2, -0.15) is 0 Å². The number of phosphoric ester groups is 2. The smallest absolute Gasteiger partial charge is 0.462 e. The maximum absolute atomic E-state index is 13.1. The van der Waals surface area contributed by atoms with Crippen molar-refractivity contribution in [2.75, 3.05) is 39.6 Å². The highest BCUT2D eigenvalue weighted by atomic mass is 31.2. The first-order valence-corrected chi connectivity index (χ1v) is 43.2. The standard InChI is InChI=1S/C81H146O17P2/c1-5-9-13-17-21-25-29-33-37-41-45-49-53-57-61-65-78(83)91-71-76(97-80(85)67-63-59-55-51-47-43-39-35-31-27-23-19-15-11-7-3)73-95-99(87,88)93-69-75(82)70-94-100(89,90)96-74-77(98-81(86)68-64-60-56-52-48-44-40-36-32-28-24-20-16-12-8-4)72-92-79(84)66-62-58-54-50-46-42-38-34-30-26-22-18-14-10-6-2/h21-23,25-27,34-36,38-40,75-77,82H,5-20,24,28-33,37,41-74H2,1-4H3,(H,87,88)(H,89,90)/b25-21+,26-22-,27-23+,38-34+,39-35-,40-36+/t75-,76+,77+/m0/s1. The van der Waals surface area contributed by atoms with Crippen molar-refractivity contribution < 1.29 is 80.2 Å². The Labute approximate surface area is 609 Å². The Bertz CT molecular complexity index is 2180. The SMILES string of the molecule is CCCCC/C=C\C/C=C/CCCCCCCC(=O)OC[C@H](COP(=O)(O)OC[C@@H](O)COP(=O)(O)OC[C@@H](COC(=O)CCCCCCCCCC/C=C/CCCCC)OC(=O)CCCCCCC/C=C\C/C=C/CCCCC)OC(=O)CCCCCCC/C=C/CCCCCCCC. The number of aliphatic hydroxyl groups is 1. The number of hydrogen-bond donors (Lipinski definition) is 3. The van der Waals surface area contributed by atoms with Crippen LogP contribution >= 0.6 is 15.6 Å². The molecule has 3 N–H and O–H groups in total. The number of ether oxygens (including phenoxy) is 4. The summed E-state index contributed by atoms with van der Waals surface area (Å²) < 4.78 is 68.6. The molecule has 0 radical (unpaired) electrons. The lowest BCUT2D eigenvalue weighted by molar-refractivity contribution is -0.161. The van der Waals surface area contributed by atoms with Crippen LogP contribution in [0.2, 0.25) is 0 Å². The van der Waals surface area contributed by atoms with E-state index in [2.05, 4.69) is 101 Å². The Morgan fingerprint density at radius 3 is 0.770 bits per heavy atom. The average molecular weight is 1450 g/mol. The fourth-order valence-corrected chi connectivity index (χ4v) is 12.5. The minimum absolute atomic E-state index is 0.0810. The fraction of sp³-hybridized carbons (Fsp3) is 0.802. The summed E-state index contributed by atoms with van der Waals surface area (Å²) in [5.74, 6) is -2.19. The van der Waals surface area contributed by atoms with Gasteiger partial charge < -0.3 is 33.8 Å². The van der Waals surface area contributed by atoms with Gasteiger partial charge in [0, 0.05) is 25.7 Å². The van der Waals surface area contributed by atoms with Gasteiger partial charge in [0.15, 0.2) is 12.2 Å². The maximum atomic E-state index is 13.1. The molecule has 0 heterocycles. The van der Waals surface area contributed by atoms with Crippen molar-refractivity contribution in [3.63, 3.8) is 0 Å². The first kappa shape index (κ1) is 96.5.